The van der Waals surface area contributed by atoms with Gasteiger partial charge in [0.15, 0.2) is 0 Å². The molecule has 1 heterocycles. The molecule has 15 heavy (non-hydrogen) atoms. The van der Waals surface area contributed by atoms with Gasteiger partial charge in [-0.25, -0.2) is 0 Å². The zero-order valence-corrected chi connectivity index (χ0v) is 9.96. The molecule has 82 valence electrons. The number of hydrogen-bond acceptors (Lipinski definition) is 4. The topological polar surface area (TPSA) is 35.0 Å². The van der Waals surface area contributed by atoms with Gasteiger partial charge in [0.1, 0.15) is 5.03 Å². The summed E-state index contributed by atoms with van der Waals surface area (Å²) in [6.07, 6.45) is 3.00. The summed E-state index contributed by atoms with van der Waals surface area (Å²) in [7, 11) is 0. The Morgan fingerprint density at radius 2 is 2.33 bits per heavy atom. The highest BCUT2D eigenvalue weighted by atomic mass is 32.2. The minimum Gasteiger partial charge on any atom is -0.474 e. The van der Waals surface area contributed by atoms with E-state index in [0.29, 0.717) is 5.88 Å². The van der Waals surface area contributed by atoms with Crippen molar-refractivity contribution in [1.29, 1.82) is 0 Å². The lowest BCUT2D eigenvalue weighted by Gasteiger charge is -2.10. The third kappa shape index (κ3) is 4.34. The fraction of sp³-hybridized carbons (Fsp3) is 0.455. The van der Waals surface area contributed by atoms with Gasteiger partial charge in [0.25, 0.3) is 0 Å². The summed E-state index contributed by atoms with van der Waals surface area (Å²) in [5, 5.41) is 8.93. The third-order valence-corrected chi connectivity index (χ3v) is 2.78. The van der Waals surface area contributed by atoms with Crippen molar-refractivity contribution in [2.75, 3.05) is 5.75 Å². The Hall–Kier alpha value is -1.03. The highest BCUT2D eigenvalue weighted by Gasteiger charge is 2.02. The Kier molecular flexibility index (Phi) is 5.18. The van der Waals surface area contributed by atoms with Crippen molar-refractivity contribution in [1.82, 2.24) is 10.2 Å². The molecule has 0 radical (unpaired) electrons. The van der Waals surface area contributed by atoms with E-state index < -0.39 is 0 Å². The lowest BCUT2D eigenvalue weighted by Crippen LogP contribution is -2.11. The average Bonchev–Trinajstić information content (AvgIpc) is 2.28. The third-order valence-electron chi connectivity index (χ3n) is 1.86. The first-order valence-electron chi connectivity index (χ1n) is 5.00. The fourth-order valence-electron chi connectivity index (χ4n) is 0.881. The maximum Gasteiger partial charge on any atom is 0.233 e. The van der Waals surface area contributed by atoms with E-state index in [4.69, 9.17) is 4.74 Å². The van der Waals surface area contributed by atoms with Crippen LogP contribution in [-0.2, 0) is 0 Å². The molecule has 0 N–H and O–H groups in total. The minimum atomic E-state index is 0.186. The van der Waals surface area contributed by atoms with Crippen LogP contribution in [0.1, 0.15) is 20.3 Å². The number of thioether (sulfide) groups is 1. The minimum absolute atomic E-state index is 0.186. The van der Waals surface area contributed by atoms with Gasteiger partial charge in [-0.1, -0.05) is 13.0 Å². The van der Waals surface area contributed by atoms with Crippen LogP contribution in [0.4, 0.5) is 0 Å². The van der Waals surface area contributed by atoms with Gasteiger partial charge < -0.3 is 4.74 Å². The van der Waals surface area contributed by atoms with Crippen molar-refractivity contribution in [2.45, 2.75) is 31.4 Å². The summed E-state index contributed by atoms with van der Waals surface area (Å²) in [4.78, 5) is 0. The molecular formula is C11H16N2OS. The van der Waals surface area contributed by atoms with Crippen LogP contribution in [-0.4, -0.2) is 22.1 Å². The van der Waals surface area contributed by atoms with Crippen LogP contribution < -0.4 is 4.74 Å². The average molecular weight is 224 g/mol. The number of hydrogen-bond donors (Lipinski definition) is 0. The van der Waals surface area contributed by atoms with Gasteiger partial charge in [-0.05, 0) is 19.4 Å². The molecule has 0 spiro atoms. The van der Waals surface area contributed by atoms with Crippen LogP contribution in [0.15, 0.2) is 29.8 Å². The number of rotatable bonds is 6. The Labute approximate surface area is 94.9 Å². The summed E-state index contributed by atoms with van der Waals surface area (Å²) >= 11 is 1.61. The van der Waals surface area contributed by atoms with E-state index >= 15 is 0 Å². The number of ether oxygens (including phenoxy) is 1. The van der Waals surface area contributed by atoms with Crippen molar-refractivity contribution in [2.24, 2.45) is 0 Å². The van der Waals surface area contributed by atoms with E-state index in [0.717, 1.165) is 17.2 Å². The lowest BCUT2D eigenvalue weighted by molar-refractivity contribution is 0.205. The zero-order chi connectivity index (χ0) is 11.1. The second-order valence-electron chi connectivity index (χ2n) is 3.15. The number of nitrogens with zero attached hydrogens (tertiary/aromatic N) is 2. The van der Waals surface area contributed by atoms with Crippen molar-refractivity contribution < 1.29 is 4.74 Å². The van der Waals surface area contributed by atoms with E-state index in [2.05, 4.69) is 23.7 Å². The van der Waals surface area contributed by atoms with Crippen LogP contribution in [0.2, 0.25) is 0 Å². The van der Waals surface area contributed by atoms with E-state index in [1.807, 2.05) is 25.1 Å². The molecule has 0 bridgehead atoms. The molecule has 0 aromatic carbocycles. The van der Waals surface area contributed by atoms with Crippen LogP contribution in [0.25, 0.3) is 0 Å². The molecule has 1 unspecified atom stereocenters. The zero-order valence-electron chi connectivity index (χ0n) is 9.14. The van der Waals surface area contributed by atoms with Gasteiger partial charge in [-0.15, -0.1) is 28.5 Å². The smallest absolute Gasteiger partial charge is 0.233 e. The first-order chi connectivity index (χ1) is 7.26. The molecule has 3 nitrogen and oxygen atoms in total. The summed E-state index contributed by atoms with van der Waals surface area (Å²) < 4.78 is 5.52. The van der Waals surface area contributed by atoms with Gasteiger partial charge in [-0.2, -0.15) is 0 Å². The van der Waals surface area contributed by atoms with Crippen molar-refractivity contribution in [3.05, 3.63) is 24.8 Å². The fourth-order valence-corrected chi connectivity index (χ4v) is 1.43. The normalized spacial score (nSPS) is 12.1. The molecular weight excluding hydrogens is 208 g/mol. The quantitative estimate of drug-likeness (QED) is 0.549. The highest BCUT2D eigenvalue weighted by molar-refractivity contribution is 7.99. The second-order valence-corrected chi connectivity index (χ2v) is 4.19. The maximum atomic E-state index is 5.52. The van der Waals surface area contributed by atoms with E-state index in [1.165, 1.54) is 0 Å². The largest absolute Gasteiger partial charge is 0.474 e. The molecule has 0 aliphatic rings. The van der Waals surface area contributed by atoms with E-state index in [-0.39, 0.29) is 6.10 Å². The summed E-state index contributed by atoms with van der Waals surface area (Å²) in [6.45, 7) is 7.74. The predicted molar refractivity (Wildman–Crippen MR) is 63.3 cm³/mol. The molecule has 1 rings (SSSR count). The van der Waals surface area contributed by atoms with Crippen LogP contribution in [0, 0.1) is 0 Å². The Morgan fingerprint density at radius 1 is 1.53 bits per heavy atom. The maximum absolute atomic E-state index is 5.52. The van der Waals surface area contributed by atoms with Crippen LogP contribution in [0.3, 0.4) is 0 Å². The predicted octanol–water partition coefficient (Wildman–Crippen LogP) is 2.93. The standard InChI is InChI=1S/C11H16N2OS/c1-4-8-15-11-7-6-10(12-13-11)14-9(3)5-2/h4,6-7,9H,1,5,8H2,2-3H3. The van der Waals surface area contributed by atoms with Gasteiger partial charge in [0.05, 0.1) is 6.10 Å². The summed E-state index contributed by atoms with van der Waals surface area (Å²) in [5.74, 6) is 1.44. The van der Waals surface area contributed by atoms with Crippen molar-refractivity contribution in [3.8, 4) is 5.88 Å². The number of aromatic nitrogens is 2. The van der Waals surface area contributed by atoms with Gasteiger partial charge >= 0.3 is 0 Å². The van der Waals surface area contributed by atoms with Gasteiger partial charge in [0, 0.05) is 11.8 Å². The molecule has 1 aromatic heterocycles. The Bertz CT molecular complexity index is 300. The monoisotopic (exact) mass is 224 g/mol. The SMILES string of the molecule is C=CCSc1ccc(OC(C)CC)nn1. The van der Waals surface area contributed by atoms with Crippen LogP contribution in [0.5, 0.6) is 5.88 Å². The molecule has 0 amide bonds. The van der Waals surface area contributed by atoms with Crippen molar-refractivity contribution >= 4 is 11.8 Å². The first kappa shape index (κ1) is 12.0. The molecule has 0 saturated carbocycles. The molecule has 1 atom stereocenters. The molecule has 0 aliphatic carbocycles. The van der Waals surface area contributed by atoms with Crippen molar-refractivity contribution in [3.63, 3.8) is 0 Å². The molecule has 0 saturated heterocycles. The molecule has 1 aromatic rings. The Morgan fingerprint density at radius 3 is 2.87 bits per heavy atom. The second kappa shape index (κ2) is 6.45. The van der Waals surface area contributed by atoms with Crippen LogP contribution >= 0.6 is 11.8 Å². The lowest BCUT2D eigenvalue weighted by atomic mass is 10.3. The van der Waals surface area contributed by atoms with Gasteiger partial charge in [-0.3, -0.25) is 0 Å². The molecule has 4 heteroatoms. The molecule has 0 fully saturated rings. The summed E-state index contributed by atoms with van der Waals surface area (Å²) in [5.41, 5.74) is 0. The van der Waals surface area contributed by atoms with E-state index in [9.17, 15) is 0 Å². The first-order valence-corrected chi connectivity index (χ1v) is 5.99. The highest BCUT2D eigenvalue weighted by Crippen LogP contribution is 2.16. The van der Waals surface area contributed by atoms with E-state index in [1.54, 1.807) is 11.8 Å². The van der Waals surface area contributed by atoms with Gasteiger partial charge in [0.2, 0.25) is 5.88 Å². The Balaban J connectivity index is 2.52. The summed E-state index contributed by atoms with van der Waals surface area (Å²) in [6, 6.07) is 3.77. The molecule has 0 aliphatic heterocycles.